The SMILES string of the molecule is CCc1ccsc1C(=O)OSc1ccccc1. The summed E-state index contributed by atoms with van der Waals surface area (Å²) in [6, 6.07) is 11.5. The van der Waals surface area contributed by atoms with E-state index in [-0.39, 0.29) is 5.97 Å². The van der Waals surface area contributed by atoms with Gasteiger partial charge in [0.05, 0.1) is 12.0 Å². The highest BCUT2D eigenvalue weighted by atomic mass is 32.2. The molecule has 0 unspecified atom stereocenters. The number of hydrogen-bond acceptors (Lipinski definition) is 4. The molecule has 4 heteroatoms. The number of carbonyl (C=O) groups excluding carboxylic acids is 1. The second-order valence-electron chi connectivity index (χ2n) is 3.40. The van der Waals surface area contributed by atoms with Crippen LogP contribution < -0.4 is 0 Å². The lowest BCUT2D eigenvalue weighted by molar-refractivity contribution is 0.0772. The van der Waals surface area contributed by atoms with Crippen LogP contribution in [-0.4, -0.2) is 5.97 Å². The maximum Gasteiger partial charge on any atom is 0.360 e. The van der Waals surface area contributed by atoms with Gasteiger partial charge in [-0.15, -0.1) is 11.3 Å². The highest BCUT2D eigenvalue weighted by Gasteiger charge is 2.14. The molecule has 0 saturated carbocycles. The normalized spacial score (nSPS) is 10.2. The molecule has 17 heavy (non-hydrogen) atoms. The Bertz CT molecular complexity index is 491. The van der Waals surface area contributed by atoms with Crippen molar-refractivity contribution in [2.45, 2.75) is 18.2 Å². The van der Waals surface area contributed by atoms with E-state index in [1.165, 1.54) is 11.3 Å². The van der Waals surface area contributed by atoms with Crippen LogP contribution in [0.5, 0.6) is 0 Å². The zero-order chi connectivity index (χ0) is 12.1. The van der Waals surface area contributed by atoms with Crippen molar-refractivity contribution >= 4 is 29.3 Å². The Kier molecular flexibility index (Phi) is 4.23. The maximum atomic E-state index is 11.8. The Morgan fingerprint density at radius 2 is 2.06 bits per heavy atom. The molecule has 88 valence electrons. The second-order valence-corrected chi connectivity index (χ2v) is 5.12. The summed E-state index contributed by atoms with van der Waals surface area (Å²) in [5.74, 6) is -0.259. The van der Waals surface area contributed by atoms with Crippen molar-refractivity contribution in [3.8, 4) is 0 Å². The molecule has 0 bridgehead atoms. The maximum absolute atomic E-state index is 11.8. The molecule has 2 aromatic rings. The molecule has 0 fully saturated rings. The fourth-order valence-electron chi connectivity index (χ4n) is 1.39. The van der Waals surface area contributed by atoms with E-state index in [0.717, 1.165) is 28.9 Å². The largest absolute Gasteiger partial charge is 0.382 e. The molecular formula is C13H12O2S2. The summed E-state index contributed by atoms with van der Waals surface area (Å²) >= 11 is 2.53. The molecule has 2 rings (SSSR count). The van der Waals surface area contributed by atoms with E-state index in [9.17, 15) is 4.79 Å². The minimum atomic E-state index is -0.259. The third kappa shape index (κ3) is 3.11. The average Bonchev–Trinajstić information content (AvgIpc) is 2.85. The number of carbonyl (C=O) groups is 1. The lowest BCUT2D eigenvalue weighted by atomic mass is 10.2. The van der Waals surface area contributed by atoms with E-state index in [1.807, 2.05) is 48.7 Å². The summed E-state index contributed by atoms with van der Waals surface area (Å²) in [6.07, 6.45) is 0.851. The summed E-state index contributed by atoms with van der Waals surface area (Å²) in [5.41, 5.74) is 1.05. The smallest absolute Gasteiger partial charge is 0.360 e. The van der Waals surface area contributed by atoms with Gasteiger partial charge in [-0.25, -0.2) is 4.79 Å². The first-order chi connectivity index (χ1) is 8.31. The minimum Gasteiger partial charge on any atom is -0.382 e. The molecule has 0 atom stereocenters. The van der Waals surface area contributed by atoms with E-state index >= 15 is 0 Å². The van der Waals surface area contributed by atoms with Crippen LogP contribution in [0.3, 0.4) is 0 Å². The Hall–Kier alpha value is -1.26. The van der Waals surface area contributed by atoms with Crippen LogP contribution >= 0.6 is 23.4 Å². The Balaban J connectivity index is 1.98. The van der Waals surface area contributed by atoms with Crippen LogP contribution in [0.4, 0.5) is 0 Å². The highest BCUT2D eigenvalue weighted by Crippen LogP contribution is 2.24. The van der Waals surface area contributed by atoms with E-state index in [2.05, 4.69) is 0 Å². The second kappa shape index (κ2) is 5.89. The monoisotopic (exact) mass is 264 g/mol. The fourth-order valence-corrected chi connectivity index (χ4v) is 2.84. The molecule has 0 saturated heterocycles. The molecule has 0 spiro atoms. The van der Waals surface area contributed by atoms with E-state index in [0.29, 0.717) is 4.88 Å². The van der Waals surface area contributed by atoms with Crippen LogP contribution in [0.2, 0.25) is 0 Å². The quantitative estimate of drug-likeness (QED) is 0.775. The van der Waals surface area contributed by atoms with Gasteiger partial charge in [-0.3, -0.25) is 0 Å². The van der Waals surface area contributed by atoms with Crippen molar-refractivity contribution in [1.82, 2.24) is 0 Å². The van der Waals surface area contributed by atoms with E-state index in [1.54, 1.807) is 0 Å². The van der Waals surface area contributed by atoms with Gasteiger partial charge in [0.2, 0.25) is 0 Å². The van der Waals surface area contributed by atoms with Crippen molar-refractivity contribution < 1.29 is 8.98 Å². The van der Waals surface area contributed by atoms with Crippen LogP contribution in [-0.2, 0) is 10.6 Å². The number of thiophene rings is 1. The van der Waals surface area contributed by atoms with Gasteiger partial charge in [-0.05, 0) is 35.6 Å². The lowest BCUT2D eigenvalue weighted by Crippen LogP contribution is -2.00. The summed E-state index contributed by atoms with van der Waals surface area (Å²) in [6.45, 7) is 2.03. The highest BCUT2D eigenvalue weighted by molar-refractivity contribution is 7.95. The first-order valence-corrected chi connectivity index (χ1v) is 6.93. The van der Waals surface area contributed by atoms with Gasteiger partial charge in [0.1, 0.15) is 4.88 Å². The Morgan fingerprint density at radius 1 is 1.29 bits per heavy atom. The van der Waals surface area contributed by atoms with Crippen LogP contribution in [0.15, 0.2) is 46.7 Å². The molecular weight excluding hydrogens is 252 g/mol. The molecule has 2 nitrogen and oxygen atoms in total. The van der Waals surface area contributed by atoms with E-state index in [4.69, 9.17) is 4.18 Å². The zero-order valence-electron chi connectivity index (χ0n) is 9.38. The zero-order valence-corrected chi connectivity index (χ0v) is 11.0. The minimum absolute atomic E-state index is 0.259. The Morgan fingerprint density at radius 3 is 2.76 bits per heavy atom. The van der Waals surface area contributed by atoms with Crippen molar-refractivity contribution in [2.75, 3.05) is 0 Å². The van der Waals surface area contributed by atoms with Gasteiger partial charge in [0, 0.05) is 4.90 Å². The molecule has 0 amide bonds. The lowest BCUT2D eigenvalue weighted by Gasteiger charge is -2.02. The third-order valence-corrected chi connectivity index (χ3v) is 3.91. The first-order valence-electron chi connectivity index (χ1n) is 5.31. The van der Waals surface area contributed by atoms with Gasteiger partial charge >= 0.3 is 5.97 Å². The molecule has 0 aliphatic carbocycles. The van der Waals surface area contributed by atoms with Crippen molar-refractivity contribution in [2.24, 2.45) is 0 Å². The summed E-state index contributed by atoms with van der Waals surface area (Å²) in [7, 11) is 0. The summed E-state index contributed by atoms with van der Waals surface area (Å²) < 4.78 is 5.20. The van der Waals surface area contributed by atoms with Gasteiger partial charge in [0.25, 0.3) is 0 Å². The van der Waals surface area contributed by atoms with Gasteiger partial charge in [-0.2, -0.15) is 0 Å². The van der Waals surface area contributed by atoms with Gasteiger partial charge in [-0.1, -0.05) is 25.1 Å². The number of aryl methyl sites for hydroxylation is 1. The molecule has 0 N–H and O–H groups in total. The third-order valence-electron chi connectivity index (χ3n) is 2.27. The van der Waals surface area contributed by atoms with Crippen LogP contribution in [0.25, 0.3) is 0 Å². The summed E-state index contributed by atoms with van der Waals surface area (Å²) in [5, 5.41) is 1.92. The predicted molar refractivity (Wildman–Crippen MR) is 71.4 cm³/mol. The standard InChI is InChI=1S/C13H12O2S2/c1-2-10-8-9-16-12(10)13(14)15-17-11-6-4-3-5-7-11/h3-9H,2H2,1H3. The van der Waals surface area contributed by atoms with E-state index < -0.39 is 0 Å². The molecule has 0 radical (unpaired) electrons. The fraction of sp³-hybridized carbons (Fsp3) is 0.154. The van der Waals surface area contributed by atoms with Crippen LogP contribution in [0.1, 0.15) is 22.2 Å². The topological polar surface area (TPSA) is 26.3 Å². The number of benzene rings is 1. The predicted octanol–water partition coefficient (Wildman–Crippen LogP) is 4.17. The number of hydrogen-bond donors (Lipinski definition) is 0. The summed E-state index contributed by atoms with van der Waals surface area (Å²) in [4.78, 5) is 13.5. The molecule has 1 aromatic heterocycles. The first kappa shape index (κ1) is 12.2. The molecule has 0 aliphatic rings. The Labute approximate surface area is 109 Å². The van der Waals surface area contributed by atoms with Gasteiger partial charge < -0.3 is 4.18 Å². The van der Waals surface area contributed by atoms with Gasteiger partial charge in [0.15, 0.2) is 0 Å². The van der Waals surface area contributed by atoms with Crippen molar-refractivity contribution in [3.05, 3.63) is 52.2 Å². The molecule has 0 aliphatic heterocycles. The number of rotatable bonds is 4. The van der Waals surface area contributed by atoms with Crippen LogP contribution in [0, 0.1) is 0 Å². The van der Waals surface area contributed by atoms with Crippen molar-refractivity contribution in [1.29, 1.82) is 0 Å². The molecule has 1 aromatic carbocycles. The molecule has 1 heterocycles. The average molecular weight is 264 g/mol. The van der Waals surface area contributed by atoms with Crippen molar-refractivity contribution in [3.63, 3.8) is 0 Å².